The summed E-state index contributed by atoms with van der Waals surface area (Å²) in [4.78, 5) is 12.8. The van der Waals surface area contributed by atoms with Gasteiger partial charge in [0.25, 0.3) is 0 Å². The zero-order chi connectivity index (χ0) is 19.9. The summed E-state index contributed by atoms with van der Waals surface area (Å²) >= 11 is 0. The molecule has 28 heavy (non-hydrogen) atoms. The van der Waals surface area contributed by atoms with Crippen molar-refractivity contribution in [2.75, 3.05) is 0 Å². The smallest absolute Gasteiger partial charge is 0.346 e. The summed E-state index contributed by atoms with van der Waals surface area (Å²) in [5.41, 5.74) is 3.50. The molecule has 0 aliphatic carbocycles. The first-order chi connectivity index (χ1) is 13.6. The highest BCUT2D eigenvalue weighted by molar-refractivity contribution is 5.26. The van der Waals surface area contributed by atoms with Crippen molar-refractivity contribution in [3.05, 3.63) is 81.5 Å². The molecule has 2 aromatic carbocycles. The summed E-state index contributed by atoms with van der Waals surface area (Å²) < 4.78 is 3.42. The average Bonchev–Trinajstić information content (AvgIpc) is 2.98. The molecule has 0 amide bonds. The second kappa shape index (κ2) is 9.40. The van der Waals surface area contributed by atoms with Crippen LogP contribution >= 0.6 is 0 Å². The maximum Gasteiger partial charge on any atom is 0.346 e. The number of rotatable bonds is 9. The molecule has 3 aromatic rings. The maximum absolute atomic E-state index is 12.8. The SMILES string of the molecule is CCCn1c(CCCCc2ccc(O)cc2)nn(Cc2ccc(C)cc2)c1=O. The second-order valence-electron chi connectivity index (χ2n) is 7.37. The number of aryl methyl sites for hydroxylation is 3. The number of aromatic hydroxyl groups is 1. The molecular formula is C23H29N3O2. The van der Waals surface area contributed by atoms with Gasteiger partial charge in [-0.15, -0.1) is 0 Å². The fourth-order valence-corrected chi connectivity index (χ4v) is 3.36. The molecule has 0 aliphatic rings. The number of hydrogen-bond donors (Lipinski definition) is 1. The van der Waals surface area contributed by atoms with Gasteiger partial charge >= 0.3 is 5.69 Å². The van der Waals surface area contributed by atoms with Crippen LogP contribution in [0.4, 0.5) is 0 Å². The summed E-state index contributed by atoms with van der Waals surface area (Å²) in [5.74, 6) is 1.18. The fraction of sp³-hybridized carbons (Fsp3) is 0.391. The molecule has 0 aliphatic heterocycles. The zero-order valence-corrected chi connectivity index (χ0v) is 16.8. The Hall–Kier alpha value is -2.82. The third kappa shape index (κ3) is 5.12. The Balaban J connectivity index is 1.64. The molecule has 1 N–H and O–H groups in total. The van der Waals surface area contributed by atoms with Gasteiger partial charge in [0.1, 0.15) is 11.6 Å². The molecule has 0 saturated heterocycles. The fourth-order valence-electron chi connectivity index (χ4n) is 3.36. The lowest BCUT2D eigenvalue weighted by molar-refractivity contribution is 0.475. The van der Waals surface area contributed by atoms with E-state index in [1.807, 2.05) is 16.7 Å². The molecule has 1 heterocycles. The predicted octanol–water partition coefficient (Wildman–Crippen LogP) is 4.08. The first-order valence-electron chi connectivity index (χ1n) is 10.1. The van der Waals surface area contributed by atoms with Crippen LogP contribution in [0.5, 0.6) is 5.75 Å². The van der Waals surface area contributed by atoms with Gasteiger partial charge in [0.15, 0.2) is 0 Å². The van der Waals surface area contributed by atoms with Crippen molar-refractivity contribution in [2.24, 2.45) is 0 Å². The van der Waals surface area contributed by atoms with Gasteiger partial charge in [-0.05, 0) is 55.9 Å². The molecule has 0 unspecified atom stereocenters. The van der Waals surface area contributed by atoms with E-state index in [0.29, 0.717) is 18.8 Å². The Kier molecular flexibility index (Phi) is 6.69. The zero-order valence-electron chi connectivity index (χ0n) is 16.8. The first kappa shape index (κ1) is 19.9. The Morgan fingerprint density at radius 1 is 0.929 bits per heavy atom. The normalized spacial score (nSPS) is 11.1. The minimum absolute atomic E-state index is 0.0176. The Morgan fingerprint density at radius 2 is 1.57 bits per heavy atom. The average molecular weight is 380 g/mol. The van der Waals surface area contributed by atoms with Gasteiger partial charge in [0, 0.05) is 13.0 Å². The highest BCUT2D eigenvalue weighted by Gasteiger charge is 2.13. The lowest BCUT2D eigenvalue weighted by Gasteiger charge is -2.04. The van der Waals surface area contributed by atoms with E-state index in [4.69, 9.17) is 0 Å². The van der Waals surface area contributed by atoms with Gasteiger partial charge in [-0.3, -0.25) is 4.57 Å². The molecular weight excluding hydrogens is 350 g/mol. The molecule has 148 valence electrons. The van der Waals surface area contributed by atoms with E-state index >= 15 is 0 Å². The molecule has 5 heteroatoms. The van der Waals surface area contributed by atoms with E-state index in [1.165, 1.54) is 11.1 Å². The quantitative estimate of drug-likeness (QED) is 0.570. The van der Waals surface area contributed by atoms with Gasteiger partial charge < -0.3 is 5.11 Å². The molecule has 0 atom stereocenters. The largest absolute Gasteiger partial charge is 0.508 e. The van der Waals surface area contributed by atoms with E-state index in [-0.39, 0.29) is 5.69 Å². The lowest BCUT2D eigenvalue weighted by atomic mass is 10.1. The third-order valence-corrected chi connectivity index (χ3v) is 4.95. The molecule has 0 radical (unpaired) electrons. The Bertz CT molecular complexity index is 937. The molecule has 0 spiro atoms. The minimum Gasteiger partial charge on any atom is -0.508 e. The number of phenolic OH excluding ortho intramolecular Hbond substituents is 1. The van der Waals surface area contributed by atoms with Crippen LogP contribution < -0.4 is 5.69 Å². The van der Waals surface area contributed by atoms with Crippen LogP contribution in [0.2, 0.25) is 0 Å². The predicted molar refractivity (Wildman–Crippen MR) is 112 cm³/mol. The van der Waals surface area contributed by atoms with E-state index in [2.05, 4.69) is 43.2 Å². The van der Waals surface area contributed by atoms with Crippen LogP contribution in [0.3, 0.4) is 0 Å². The molecule has 3 rings (SSSR count). The van der Waals surface area contributed by atoms with Crippen molar-refractivity contribution in [1.82, 2.24) is 14.3 Å². The Labute approximate surface area is 166 Å². The van der Waals surface area contributed by atoms with E-state index in [0.717, 1.165) is 43.5 Å². The Morgan fingerprint density at radius 3 is 2.25 bits per heavy atom. The van der Waals surface area contributed by atoms with Crippen molar-refractivity contribution in [3.8, 4) is 5.75 Å². The summed E-state index contributed by atoms with van der Waals surface area (Å²) in [7, 11) is 0. The van der Waals surface area contributed by atoms with Gasteiger partial charge in [0.05, 0.1) is 6.54 Å². The lowest BCUT2D eigenvalue weighted by Crippen LogP contribution is -2.26. The highest BCUT2D eigenvalue weighted by Crippen LogP contribution is 2.13. The second-order valence-corrected chi connectivity index (χ2v) is 7.37. The van der Waals surface area contributed by atoms with E-state index in [9.17, 15) is 9.90 Å². The molecule has 0 bridgehead atoms. The van der Waals surface area contributed by atoms with Crippen LogP contribution in [-0.4, -0.2) is 19.5 Å². The number of phenols is 1. The summed E-state index contributed by atoms with van der Waals surface area (Å²) in [6.45, 7) is 5.36. The summed E-state index contributed by atoms with van der Waals surface area (Å²) in [5, 5.41) is 14.0. The number of unbranched alkanes of at least 4 members (excludes halogenated alkanes) is 1. The van der Waals surface area contributed by atoms with Crippen molar-refractivity contribution >= 4 is 0 Å². The van der Waals surface area contributed by atoms with Gasteiger partial charge in [-0.2, -0.15) is 5.10 Å². The van der Waals surface area contributed by atoms with Crippen LogP contribution in [0, 0.1) is 6.92 Å². The topological polar surface area (TPSA) is 60.0 Å². The van der Waals surface area contributed by atoms with Crippen molar-refractivity contribution in [1.29, 1.82) is 0 Å². The van der Waals surface area contributed by atoms with Gasteiger partial charge in [0.2, 0.25) is 0 Å². The van der Waals surface area contributed by atoms with Gasteiger partial charge in [-0.1, -0.05) is 48.9 Å². The molecule has 5 nitrogen and oxygen atoms in total. The summed E-state index contributed by atoms with van der Waals surface area (Å²) in [6.07, 6.45) is 4.68. The van der Waals surface area contributed by atoms with Crippen LogP contribution in [-0.2, 0) is 25.9 Å². The molecule has 0 fully saturated rings. The van der Waals surface area contributed by atoms with E-state index in [1.54, 1.807) is 16.8 Å². The van der Waals surface area contributed by atoms with E-state index < -0.39 is 0 Å². The van der Waals surface area contributed by atoms with Crippen LogP contribution in [0.1, 0.15) is 48.7 Å². The number of benzene rings is 2. The van der Waals surface area contributed by atoms with Crippen molar-refractivity contribution in [2.45, 2.75) is 59.0 Å². The van der Waals surface area contributed by atoms with Crippen molar-refractivity contribution in [3.63, 3.8) is 0 Å². The number of aromatic nitrogens is 3. The minimum atomic E-state index is -0.0176. The van der Waals surface area contributed by atoms with Gasteiger partial charge in [-0.25, -0.2) is 9.48 Å². The maximum atomic E-state index is 12.8. The molecule has 0 saturated carbocycles. The monoisotopic (exact) mass is 379 g/mol. The molecule has 1 aromatic heterocycles. The van der Waals surface area contributed by atoms with Crippen molar-refractivity contribution < 1.29 is 5.11 Å². The number of hydrogen-bond acceptors (Lipinski definition) is 3. The number of nitrogens with zero attached hydrogens (tertiary/aromatic N) is 3. The third-order valence-electron chi connectivity index (χ3n) is 4.95. The summed E-state index contributed by atoms with van der Waals surface area (Å²) in [6, 6.07) is 15.6. The first-order valence-corrected chi connectivity index (χ1v) is 10.1. The van der Waals surface area contributed by atoms with Crippen LogP contribution in [0.25, 0.3) is 0 Å². The standard InChI is InChI=1S/C23H29N3O2/c1-3-16-25-22(7-5-4-6-19-12-14-21(27)15-13-19)24-26(23(25)28)17-20-10-8-18(2)9-11-20/h8-15,27H,3-7,16-17H2,1-2H3. The highest BCUT2D eigenvalue weighted by atomic mass is 16.3. The van der Waals surface area contributed by atoms with Crippen LogP contribution in [0.15, 0.2) is 53.3 Å².